The molecular formula is C22H30N2O3. The number of hydrogen-bond donors (Lipinski definition) is 3. The second kappa shape index (κ2) is 6.50. The minimum atomic E-state index is -0.594. The zero-order valence-electron chi connectivity index (χ0n) is 16.0. The highest BCUT2D eigenvalue weighted by molar-refractivity contribution is 5.61. The Morgan fingerprint density at radius 2 is 2.00 bits per heavy atom. The maximum atomic E-state index is 10.4. The van der Waals surface area contributed by atoms with Crippen molar-refractivity contribution in [3.05, 3.63) is 35.4 Å². The van der Waals surface area contributed by atoms with Gasteiger partial charge in [-0.25, -0.2) is 0 Å². The molecule has 0 radical (unpaired) electrons. The molecule has 6 rings (SSSR count). The maximum Gasteiger partial charge on any atom is 0.165 e. The first-order valence-electron chi connectivity index (χ1n) is 10.4. The van der Waals surface area contributed by atoms with Gasteiger partial charge >= 0.3 is 0 Å². The fraction of sp³-hybridized carbons (Fsp3) is 0.636. The largest absolute Gasteiger partial charge is 0.504 e. The molecule has 5 nitrogen and oxygen atoms in total. The second-order valence-corrected chi connectivity index (χ2v) is 8.74. The van der Waals surface area contributed by atoms with Crippen LogP contribution in [0, 0.1) is 5.92 Å². The van der Waals surface area contributed by atoms with Crippen molar-refractivity contribution >= 4 is 0 Å². The van der Waals surface area contributed by atoms with Gasteiger partial charge < -0.3 is 25.2 Å². The standard InChI is InChI=1S/C17H19NO3.C5H11N/c1-18-7-6-17-10-3-5-13(20)16(17)21-15-12(19)4-2-9(14(15)17)8-11(10)18;1-2-4-6-5-3-1/h2-5,10-11,13,16,19-20H,6-8H2,1H3;6H,1-5H2/t10-,11+,13-,16-,17-;/m0./s1. The van der Waals surface area contributed by atoms with Crippen molar-refractivity contribution in [3.8, 4) is 11.5 Å². The van der Waals surface area contributed by atoms with Gasteiger partial charge in [0.05, 0.1) is 0 Å². The molecule has 1 spiro atoms. The number of likely N-dealkylation sites (N-methyl/N-ethyl adjacent to an activating group) is 1. The van der Waals surface area contributed by atoms with Crippen molar-refractivity contribution in [2.75, 3.05) is 26.7 Å². The molecule has 5 atom stereocenters. The third-order valence-corrected chi connectivity index (χ3v) is 7.36. The average Bonchev–Trinajstić information content (AvgIpc) is 3.06. The van der Waals surface area contributed by atoms with E-state index < -0.39 is 6.10 Å². The van der Waals surface area contributed by atoms with E-state index >= 15 is 0 Å². The molecule has 0 unspecified atom stereocenters. The summed E-state index contributed by atoms with van der Waals surface area (Å²) in [5.41, 5.74) is 2.29. The molecule has 0 amide bonds. The van der Waals surface area contributed by atoms with Gasteiger partial charge in [-0.05, 0) is 64.0 Å². The van der Waals surface area contributed by atoms with E-state index in [1.54, 1.807) is 6.07 Å². The van der Waals surface area contributed by atoms with Crippen molar-refractivity contribution < 1.29 is 14.9 Å². The number of rotatable bonds is 0. The third kappa shape index (κ3) is 2.48. The van der Waals surface area contributed by atoms with Gasteiger partial charge in [0, 0.05) is 22.9 Å². The fourth-order valence-corrected chi connectivity index (χ4v) is 6.04. The normalized spacial score (nSPS) is 38.4. The van der Waals surface area contributed by atoms with Gasteiger partial charge in [-0.3, -0.25) is 0 Å². The predicted molar refractivity (Wildman–Crippen MR) is 104 cm³/mol. The van der Waals surface area contributed by atoms with Crippen LogP contribution < -0.4 is 10.1 Å². The zero-order chi connectivity index (χ0) is 18.6. The monoisotopic (exact) mass is 370 g/mol. The molecule has 5 aliphatic rings. The minimum Gasteiger partial charge on any atom is -0.504 e. The van der Waals surface area contributed by atoms with Crippen LogP contribution in [0.25, 0.3) is 0 Å². The molecule has 0 aromatic heterocycles. The Morgan fingerprint density at radius 1 is 1.19 bits per heavy atom. The van der Waals surface area contributed by atoms with E-state index in [-0.39, 0.29) is 17.3 Å². The molecule has 27 heavy (non-hydrogen) atoms. The van der Waals surface area contributed by atoms with Crippen LogP contribution in [-0.2, 0) is 11.8 Å². The number of ether oxygens (including phenoxy) is 1. The number of aliphatic hydroxyl groups excluding tert-OH is 1. The lowest BCUT2D eigenvalue weighted by Crippen LogP contribution is -2.64. The van der Waals surface area contributed by atoms with Gasteiger partial charge in [0.2, 0.25) is 0 Å². The van der Waals surface area contributed by atoms with E-state index in [4.69, 9.17) is 4.74 Å². The summed E-state index contributed by atoms with van der Waals surface area (Å²) in [4.78, 5) is 2.43. The van der Waals surface area contributed by atoms with Gasteiger partial charge in [0.1, 0.15) is 12.2 Å². The average molecular weight is 370 g/mol. The molecule has 3 aliphatic heterocycles. The Morgan fingerprint density at radius 3 is 2.70 bits per heavy atom. The van der Waals surface area contributed by atoms with Gasteiger partial charge in [-0.15, -0.1) is 0 Å². The van der Waals surface area contributed by atoms with Crippen LogP contribution in [0.4, 0.5) is 0 Å². The molecule has 3 heterocycles. The molecule has 0 saturated carbocycles. The van der Waals surface area contributed by atoms with Gasteiger partial charge in [0.25, 0.3) is 0 Å². The van der Waals surface area contributed by atoms with Crippen LogP contribution in [0.1, 0.15) is 36.8 Å². The van der Waals surface area contributed by atoms with Crippen LogP contribution in [0.5, 0.6) is 11.5 Å². The van der Waals surface area contributed by atoms with Crippen molar-refractivity contribution in [1.29, 1.82) is 0 Å². The Balaban J connectivity index is 0.000000230. The maximum absolute atomic E-state index is 10.4. The molecule has 1 aromatic carbocycles. The molecule has 2 fully saturated rings. The Hall–Kier alpha value is -1.56. The summed E-state index contributed by atoms with van der Waals surface area (Å²) in [7, 11) is 2.19. The number of nitrogens with one attached hydrogen (secondary N) is 1. The van der Waals surface area contributed by atoms with Gasteiger partial charge in [-0.1, -0.05) is 24.6 Å². The van der Waals surface area contributed by atoms with E-state index in [2.05, 4.69) is 23.3 Å². The van der Waals surface area contributed by atoms with Gasteiger partial charge in [0.15, 0.2) is 11.5 Å². The number of phenols is 1. The summed E-state index contributed by atoms with van der Waals surface area (Å²) in [6.45, 7) is 3.51. The number of likely N-dealkylation sites (tertiary alicyclic amines) is 1. The third-order valence-electron chi connectivity index (χ3n) is 7.36. The van der Waals surface area contributed by atoms with E-state index in [0.29, 0.717) is 17.7 Å². The molecule has 2 aliphatic carbocycles. The van der Waals surface area contributed by atoms with Gasteiger partial charge in [-0.2, -0.15) is 0 Å². The quantitative estimate of drug-likeness (QED) is 0.610. The van der Waals surface area contributed by atoms with Crippen molar-refractivity contribution in [3.63, 3.8) is 0 Å². The fourth-order valence-electron chi connectivity index (χ4n) is 6.04. The van der Waals surface area contributed by atoms with Crippen LogP contribution in [0.2, 0.25) is 0 Å². The van der Waals surface area contributed by atoms with E-state index in [1.165, 1.54) is 43.5 Å². The second-order valence-electron chi connectivity index (χ2n) is 8.74. The van der Waals surface area contributed by atoms with Crippen LogP contribution >= 0.6 is 0 Å². The topological polar surface area (TPSA) is 65.0 Å². The van der Waals surface area contributed by atoms with Crippen molar-refractivity contribution in [2.45, 2.75) is 55.8 Å². The molecule has 1 aromatic rings. The molecule has 3 N–H and O–H groups in total. The Kier molecular flexibility index (Phi) is 4.22. The van der Waals surface area contributed by atoms with Crippen molar-refractivity contribution in [1.82, 2.24) is 10.2 Å². The lowest BCUT2D eigenvalue weighted by molar-refractivity contribution is -0.0453. The van der Waals surface area contributed by atoms with E-state index in [1.807, 2.05) is 12.1 Å². The molecular weight excluding hydrogens is 340 g/mol. The number of phenolic OH excluding ortho intramolecular Hbond substituents is 1. The first-order valence-corrected chi connectivity index (χ1v) is 10.4. The lowest BCUT2D eigenvalue weighted by atomic mass is 9.53. The summed E-state index contributed by atoms with van der Waals surface area (Å²) in [6, 6.07) is 4.23. The summed E-state index contributed by atoms with van der Waals surface area (Å²) in [6.07, 6.45) is 9.39. The first kappa shape index (κ1) is 17.5. The summed E-state index contributed by atoms with van der Waals surface area (Å²) in [5.74, 6) is 1.19. The Bertz CT molecular complexity index is 749. The molecule has 5 heteroatoms. The highest BCUT2D eigenvalue weighted by atomic mass is 16.5. The number of nitrogens with zero attached hydrogens (tertiary/aromatic N) is 1. The number of aliphatic hydroxyl groups is 1. The molecule has 146 valence electrons. The smallest absolute Gasteiger partial charge is 0.165 e. The highest BCUT2D eigenvalue weighted by Gasteiger charge is 2.64. The first-order chi connectivity index (χ1) is 13.1. The van der Waals surface area contributed by atoms with Crippen LogP contribution in [-0.4, -0.2) is 60.0 Å². The van der Waals surface area contributed by atoms with Crippen molar-refractivity contribution in [2.24, 2.45) is 5.92 Å². The number of hydrogen-bond acceptors (Lipinski definition) is 5. The highest BCUT2D eigenvalue weighted by Crippen LogP contribution is 2.62. The minimum absolute atomic E-state index is 0.160. The summed E-state index contributed by atoms with van der Waals surface area (Å²) < 4.78 is 6.09. The Labute approximate surface area is 161 Å². The summed E-state index contributed by atoms with van der Waals surface area (Å²) in [5, 5.41) is 23.9. The number of piperidine rings is 2. The number of aromatic hydroxyl groups is 1. The molecule has 2 bridgehead atoms. The molecule has 2 saturated heterocycles. The van der Waals surface area contributed by atoms with E-state index in [9.17, 15) is 10.2 Å². The SMILES string of the molecule is C1CCNCC1.CN1CC[C@]23c4c5ccc(O)c4O[C@H]2[C@@H](O)C=C[C@H]3[C@H]1C5. The van der Waals surface area contributed by atoms with Crippen LogP contribution in [0.3, 0.4) is 0 Å². The number of benzene rings is 1. The predicted octanol–water partition coefficient (Wildman–Crippen LogP) is 1.96. The lowest BCUT2D eigenvalue weighted by Gasteiger charge is -2.56. The van der Waals surface area contributed by atoms with Crippen LogP contribution in [0.15, 0.2) is 24.3 Å². The summed E-state index contributed by atoms with van der Waals surface area (Å²) >= 11 is 0. The zero-order valence-corrected chi connectivity index (χ0v) is 16.0. The van der Waals surface area contributed by atoms with E-state index in [0.717, 1.165) is 19.4 Å².